The van der Waals surface area contributed by atoms with Gasteiger partial charge in [0.2, 0.25) is 0 Å². The van der Waals surface area contributed by atoms with E-state index in [1.54, 1.807) is 18.3 Å². The summed E-state index contributed by atoms with van der Waals surface area (Å²) >= 11 is 6.17. The zero-order valence-corrected chi connectivity index (χ0v) is 17.6. The summed E-state index contributed by atoms with van der Waals surface area (Å²) in [5, 5.41) is 1.39. The molecule has 2 heterocycles. The van der Waals surface area contributed by atoms with Crippen molar-refractivity contribution in [2.45, 2.75) is 26.7 Å². The van der Waals surface area contributed by atoms with Gasteiger partial charge in [0.15, 0.2) is 5.76 Å². The molecule has 3 nitrogen and oxygen atoms in total. The first-order chi connectivity index (χ1) is 14.5. The minimum atomic E-state index is -0.412. The van der Waals surface area contributed by atoms with Gasteiger partial charge in [-0.15, -0.1) is 0 Å². The van der Waals surface area contributed by atoms with Gasteiger partial charge in [-0.2, -0.15) is 0 Å². The molecule has 0 amide bonds. The van der Waals surface area contributed by atoms with Crippen molar-refractivity contribution in [1.29, 1.82) is 0 Å². The molecule has 0 radical (unpaired) electrons. The zero-order valence-electron chi connectivity index (χ0n) is 16.9. The van der Waals surface area contributed by atoms with Crippen molar-refractivity contribution in [3.8, 4) is 22.8 Å². The summed E-state index contributed by atoms with van der Waals surface area (Å²) in [5.74, 6) is 1.56. The number of nitrogens with zero attached hydrogens (tertiary/aromatic N) is 1. The Morgan fingerprint density at radius 3 is 2.93 bits per heavy atom. The van der Waals surface area contributed by atoms with Crippen molar-refractivity contribution >= 4 is 23.8 Å². The summed E-state index contributed by atoms with van der Waals surface area (Å²) in [4.78, 5) is 7.54. The molecule has 0 saturated heterocycles. The van der Waals surface area contributed by atoms with Crippen molar-refractivity contribution in [2.75, 3.05) is 0 Å². The molecule has 5 heteroatoms. The van der Waals surface area contributed by atoms with Crippen molar-refractivity contribution in [2.24, 2.45) is 11.8 Å². The van der Waals surface area contributed by atoms with E-state index in [9.17, 15) is 4.39 Å². The van der Waals surface area contributed by atoms with Gasteiger partial charge in [0, 0.05) is 17.3 Å². The summed E-state index contributed by atoms with van der Waals surface area (Å²) in [6.45, 7) is 4.47. The number of fused-ring (bicyclic) bond motifs is 1. The molecule has 1 aromatic carbocycles. The molecule has 30 heavy (non-hydrogen) atoms. The van der Waals surface area contributed by atoms with Crippen LogP contribution in [0.25, 0.3) is 35.0 Å². The van der Waals surface area contributed by atoms with Crippen LogP contribution in [0.15, 0.2) is 58.2 Å². The minimum absolute atomic E-state index is 0.264. The van der Waals surface area contributed by atoms with Crippen LogP contribution in [0.5, 0.6) is 0 Å². The van der Waals surface area contributed by atoms with E-state index >= 15 is 0 Å². The van der Waals surface area contributed by atoms with E-state index < -0.39 is 5.82 Å². The van der Waals surface area contributed by atoms with Crippen molar-refractivity contribution in [3.63, 3.8) is 0 Å². The topological polar surface area (TPSA) is 41.8 Å². The van der Waals surface area contributed by atoms with E-state index in [0.29, 0.717) is 34.1 Å². The molecule has 5 rings (SSSR count). The van der Waals surface area contributed by atoms with Crippen LogP contribution < -0.4 is 10.6 Å². The Bertz CT molecular complexity index is 1290. The second-order valence-electron chi connectivity index (χ2n) is 8.21. The highest BCUT2D eigenvalue weighted by molar-refractivity contribution is 6.33. The number of aromatic nitrogens is 2. The quantitative estimate of drug-likeness (QED) is 0.597. The predicted octanol–water partition coefficient (Wildman–Crippen LogP) is 5.62. The lowest BCUT2D eigenvalue weighted by Crippen LogP contribution is -2.25. The van der Waals surface area contributed by atoms with Crippen LogP contribution in [-0.2, 0) is 0 Å². The van der Waals surface area contributed by atoms with Gasteiger partial charge in [-0.3, -0.25) is 0 Å². The maximum absolute atomic E-state index is 14.2. The second kappa shape index (κ2) is 7.44. The van der Waals surface area contributed by atoms with Crippen LogP contribution in [0.4, 0.5) is 4.39 Å². The van der Waals surface area contributed by atoms with E-state index in [-0.39, 0.29) is 5.56 Å². The fourth-order valence-electron chi connectivity index (χ4n) is 4.40. The van der Waals surface area contributed by atoms with Crippen molar-refractivity contribution in [3.05, 3.63) is 75.2 Å². The largest absolute Gasteiger partial charge is 0.455 e. The Morgan fingerprint density at radius 1 is 1.27 bits per heavy atom. The third-order valence-electron chi connectivity index (χ3n) is 5.72. The third-order valence-corrected chi connectivity index (χ3v) is 6.04. The molecule has 2 aliphatic carbocycles. The summed E-state index contributed by atoms with van der Waals surface area (Å²) in [5.41, 5.74) is 4.56. The highest BCUT2D eigenvalue weighted by atomic mass is 35.5. The maximum Gasteiger partial charge on any atom is 0.155 e. The number of halogens is 2. The van der Waals surface area contributed by atoms with Crippen molar-refractivity contribution < 1.29 is 8.81 Å². The molecule has 3 aromatic rings. The zero-order chi connectivity index (χ0) is 20.8. The Balaban J connectivity index is 1.49. The molecule has 1 N–H and O–H groups in total. The lowest BCUT2D eigenvalue weighted by atomic mass is 9.83. The third kappa shape index (κ3) is 3.46. The highest BCUT2D eigenvalue weighted by Gasteiger charge is 2.19. The van der Waals surface area contributed by atoms with Crippen LogP contribution in [-0.4, -0.2) is 9.97 Å². The van der Waals surface area contributed by atoms with Gasteiger partial charge in [-0.05, 0) is 55.5 Å². The van der Waals surface area contributed by atoms with Crippen LogP contribution in [0.2, 0.25) is 5.02 Å². The summed E-state index contributed by atoms with van der Waals surface area (Å²) < 4.78 is 20.3. The SMILES string of the molecule is CC1=CC(C2C=c3cc(-c4c[nH]c(-c5c(F)cccc5Cl)n4)oc3=CC2)=CC(C)C1. The minimum Gasteiger partial charge on any atom is -0.455 e. The van der Waals surface area contributed by atoms with Gasteiger partial charge < -0.3 is 9.40 Å². The van der Waals surface area contributed by atoms with Gasteiger partial charge in [0.25, 0.3) is 0 Å². The lowest BCUT2D eigenvalue weighted by molar-refractivity contribution is 0.538. The number of nitrogens with one attached hydrogen (secondary N) is 1. The Hall–Kier alpha value is -2.85. The normalized spacial score (nSPS) is 20.7. The maximum atomic E-state index is 14.2. The highest BCUT2D eigenvalue weighted by Crippen LogP contribution is 2.31. The first kappa shape index (κ1) is 19.1. The fourth-order valence-corrected chi connectivity index (χ4v) is 4.66. The number of aromatic amines is 1. The van der Waals surface area contributed by atoms with Crippen LogP contribution >= 0.6 is 11.6 Å². The molecule has 0 aliphatic heterocycles. The number of H-pyrrole nitrogens is 1. The standard InChI is InChI=1S/C25H22ClFN2O/c1-14-8-15(2)10-17(9-14)16-6-7-22-18(11-16)12-23(30-22)21-13-28-25(29-21)24-19(26)4-3-5-20(24)27/h3-5,7,9-14,16H,6,8H2,1-2H3,(H,28,29). The molecule has 2 aromatic heterocycles. The molecule has 0 fully saturated rings. The number of furan rings is 1. The Labute approximate surface area is 179 Å². The molecule has 2 atom stereocenters. The molecular formula is C25H22ClFN2O. The molecular weight excluding hydrogens is 399 g/mol. The molecule has 0 saturated carbocycles. The summed E-state index contributed by atoms with van der Waals surface area (Å²) in [6.07, 6.45) is 12.9. The number of hydrogen-bond acceptors (Lipinski definition) is 2. The van der Waals surface area contributed by atoms with Gasteiger partial charge in [0.05, 0.1) is 10.6 Å². The van der Waals surface area contributed by atoms with E-state index in [0.717, 1.165) is 23.5 Å². The fraction of sp³-hybridized carbons (Fsp3) is 0.240. The first-order valence-electron chi connectivity index (χ1n) is 10.2. The monoisotopic (exact) mass is 420 g/mol. The number of hydrogen-bond donors (Lipinski definition) is 1. The van der Waals surface area contributed by atoms with E-state index in [1.165, 1.54) is 17.2 Å². The van der Waals surface area contributed by atoms with E-state index in [1.807, 2.05) is 6.07 Å². The van der Waals surface area contributed by atoms with Crippen LogP contribution in [0.3, 0.4) is 0 Å². The second-order valence-corrected chi connectivity index (χ2v) is 8.62. The average molecular weight is 421 g/mol. The lowest BCUT2D eigenvalue weighted by Gasteiger charge is -2.21. The van der Waals surface area contributed by atoms with Gasteiger partial charge in [0.1, 0.15) is 22.8 Å². The molecule has 2 aliphatic rings. The summed E-state index contributed by atoms with van der Waals surface area (Å²) in [7, 11) is 0. The summed E-state index contributed by atoms with van der Waals surface area (Å²) in [6, 6.07) is 6.60. The molecule has 0 spiro atoms. The molecule has 2 unspecified atom stereocenters. The van der Waals surface area contributed by atoms with E-state index in [2.05, 4.69) is 48.1 Å². The number of rotatable bonds is 3. The molecule has 152 valence electrons. The van der Waals surface area contributed by atoms with Gasteiger partial charge in [-0.25, -0.2) is 9.37 Å². The van der Waals surface area contributed by atoms with Crippen LogP contribution in [0, 0.1) is 17.7 Å². The number of imidazole rings is 1. The van der Waals surface area contributed by atoms with Crippen LogP contribution in [0.1, 0.15) is 26.7 Å². The average Bonchev–Trinajstić information content (AvgIpc) is 3.33. The predicted molar refractivity (Wildman–Crippen MR) is 119 cm³/mol. The Kier molecular flexibility index (Phi) is 4.75. The van der Waals surface area contributed by atoms with E-state index in [4.69, 9.17) is 16.0 Å². The number of allylic oxidation sites excluding steroid dienone is 4. The Morgan fingerprint density at radius 2 is 2.13 bits per heavy atom. The van der Waals surface area contributed by atoms with Crippen molar-refractivity contribution in [1.82, 2.24) is 9.97 Å². The van der Waals surface area contributed by atoms with Gasteiger partial charge in [-0.1, -0.05) is 48.4 Å². The smallest absolute Gasteiger partial charge is 0.155 e. The molecule has 0 bridgehead atoms. The first-order valence-corrected chi connectivity index (χ1v) is 10.6. The number of benzene rings is 1. The van der Waals surface area contributed by atoms with Gasteiger partial charge >= 0.3 is 0 Å².